The first-order valence-corrected chi connectivity index (χ1v) is 8.46. The molecule has 1 amide bonds. The van der Waals surface area contributed by atoms with Crippen molar-refractivity contribution in [1.29, 1.82) is 5.26 Å². The van der Waals surface area contributed by atoms with Crippen LogP contribution in [0, 0.1) is 11.3 Å². The number of thiol groups is 1. The number of nitrogens with one attached hydrogen (secondary N) is 1. The number of nitrogens with zero attached hydrogens (tertiary/aromatic N) is 1. The molecule has 0 aliphatic rings. The minimum atomic E-state index is -0.548. The molecule has 0 atom stereocenters. The maximum atomic E-state index is 12.2. The van der Waals surface area contributed by atoms with E-state index in [-0.39, 0.29) is 21.3 Å². The second-order valence-corrected chi connectivity index (χ2v) is 6.43. The quantitative estimate of drug-likeness (QED) is 0.357. The Bertz CT molecular complexity index is 797. The van der Waals surface area contributed by atoms with Crippen molar-refractivity contribution in [2.45, 2.75) is 0 Å². The van der Waals surface area contributed by atoms with Crippen LogP contribution in [0.1, 0.15) is 10.4 Å². The molecule has 0 radical (unpaired) electrons. The molecular formula is C18H14N2O2S2. The first-order chi connectivity index (χ1) is 11.6. The fourth-order valence-corrected chi connectivity index (χ4v) is 2.89. The molecule has 0 saturated heterocycles. The van der Waals surface area contributed by atoms with Gasteiger partial charge in [0.15, 0.2) is 5.78 Å². The van der Waals surface area contributed by atoms with Gasteiger partial charge in [-0.15, -0.1) is 24.4 Å². The SMILES string of the molecule is N#C/C(C(=O)Nc1ccccc1)=C(/S)SCC(=O)c1ccccc1. The highest BCUT2D eigenvalue weighted by molar-refractivity contribution is 8.16. The highest BCUT2D eigenvalue weighted by atomic mass is 32.2. The highest BCUT2D eigenvalue weighted by Crippen LogP contribution is 2.25. The maximum absolute atomic E-state index is 12.2. The van der Waals surface area contributed by atoms with Crippen LogP contribution in [-0.4, -0.2) is 17.4 Å². The van der Waals surface area contributed by atoms with E-state index in [4.69, 9.17) is 0 Å². The largest absolute Gasteiger partial charge is 0.321 e. The van der Waals surface area contributed by atoms with Gasteiger partial charge in [-0.1, -0.05) is 48.5 Å². The number of carbonyl (C=O) groups excluding carboxylic acids is 2. The van der Waals surface area contributed by atoms with Crippen molar-refractivity contribution in [2.75, 3.05) is 11.1 Å². The third kappa shape index (κ3) is 5.01. The van der Waals surface area contributed by atoms with E-state index in [0.717, 1.165) is 11.8 Å². The second kappa shape index (κ2) is 8.96. The number of ketones is 1. The third-order valence-electron chi connectivity index (χ3n) is 3.02. The monoisotopic (exact) mass is 354 g/mol. The summed E-state index contributed by atoms with van der Waals surface area (Å²) >= 11 is 5.27. The number of nitriles is 1. The molecule has 0 aliphatic carbocycles. The van der Waals surface area contributed by atoms with Crippen LogP contribution in [0.4, 0.5) is 5.69 Å². The summed E-state index contributed by atoms with van der Waals surface area (Å²) in [4.78, 5) is 24.2. The Kier molecular flexibility index (Phi) is 6.67. The van der Waals surface area contributed by atoms with Crippen LogP contribution in [0.5, 0.6) is 0 Å². The zero-order chi connectivity index (χ0) is 17.4. The molecule has 120 valence electrons. The van der Waals surface area contributed by atoms with E-state index >= 15 is 0 Å². The van der Waals surface area contributed by atoms with Gasteiger partial charge in [0, 0.05) is 11.3 Å². The lowest BCUT2D eigenvalue weighted by Gasteiger charge is -2.06. The molecule has 0 heterocycles. The van der Waals surface area contributed by atoms with Crippen LogP contribution in [0.15, 0.2) is 70.5 Å². The van der Waals surface area contributed by atoms with Gasteiger partial charge >= 0.3 is 0 Å². The Labute approximate surface area is 150 Å². The average molecular weight is 354 g/mol. The molecule has 0 saturated carbocycles. The van der Waals surface area contributed by atoms with Crippen LogP contribution in [-0.2, 0) is 4.79 Å². The lowest BCUT2D eigenvalue weighted by Crippen LogP contribution is -2.14. The number of hydrogen-bond donors (Lipinski definition) is 2. The number of anilines is 1. The first kappa shape index (κ1) is 17.9. The van der Waals surface area contributed by atoms with E-state index in [0.29, 0.717) is 11.3 Å². The van der Waals surface area contributed by atoms with E-state index < -0.39 is 5.91 Å². The summed E-state index contributed by atoms with van der Waals surface area (Å²) in [5.74, 6) is -0.534. The number of hydrogen-bond acceptors (Lipinski definition) is 5. The molecule has 2 aromatic rings. The van der Waals surface area contributed by atoms with Gasteiger partial charge in [0.25, 0.3) is 5.91 Å². The molecule has 2 rings (SSSR count). The summed E-state index contributed by atoms with van der Waals surface area (Å²) < 4.78 is 0.218. The van der Waals surface area contributed by atoms with E-state index in [2.05, 4.69) is 17.9 Å². The zero-order valence-electron chi connectivity index (χ0n) is 12.6. The van der Waals surface area contributed by atoms with Gasteiger partial charge in [-0.05, 0) is 12.1 Å². The predicted octanol–water partition coefficient (Wildman–Crippen LogP) is 3.91. The minimum Gasteiger partial charge on any atom is -0.321 e. The van der Waals surface area contributed by atoms with Crippen molar-refractivity contribution in [3.8, 4) is 6.07 Å². The third-order valence-corrected chi connectivity index (χ3v) is 4.52. The maximum Gasteiger partial charge on any atom is 0.268 e. The number of carbonyl (C=O) groups is 2. The number of benzene rings is 2. The molecule has 4 nitrogen and oxygen atoms in total. The van der Waals surface area contributed by atoms with E-state index in [1.54, 1.807) is 48.5 Å². The van der Waals surface area contributed by atoms with Gasteiger partial charge in [-0.25, -0.2) is 0 Å². The van der Waals surface area contributed by atoms with Crippen LogP contribution < -0.4 is 5.32 Å². The molecule has 24 heavy (non-hydrogen) atoms. The van der Waals surface area contributed by atoms with Crippen molar-refractivity contribution in [1.82, 2.24) is 0 Å². The molecule has 0 bridgehead atoms. The van der Waals surface area contributed by atoms with Crippen molar-refractivity contribution < 1.29 is 9.59 Å². The molecule has 2 aromatic carbocycles. The number of Topliss-reactive ketones (excluding diaryl/α,β-unsaturated/α-hetero) is 1. The summed E-state index contributed by atoms with van der Waals surface area (Å²) in [6.07, 6.45) is 0. The van der Waals surface area contributed by atoms with E-state index in [1.807, 2.05) is 18.2 Å². The number of para-hydroxylation sites is 1. The van der Waals surface area contributed by atoms with Crippen molar-refractivity contribution in [2.24, 2.45) is 0 Å². The average Bonchev–Trinajstić information content (AvgIpc) is 2.62. The van der Waals surface area contributed by atoms with Gasteiger partial charge in [0.05, 0.1) is 9.99 Å². The van der Waals surface area contributed by atoms with Crippen molar-refractivity contribution >= 4 is 41.8 Å². The first-order valence-electron chi connectivity index (χ1n) is 7.02. The zero-order valence-corrected chi connectivity index (χ0v) is 14.3. The van der Waals surface area contributed by atoms with Crippen molar-refractivity contribution in [3.63, 3.8) is 0 Å². The standard InChI is InChI=1S/C18H14N2O2S2/c19-11-15(17(22)20-14-9-5-2-6-10-14)18(23)24-12-16(21)13-7-3-1-4-8-13/h1-10,23H,12H2,(H,20,22)/b18-15+. The Hall–Kier alpha value is -2.49. The lowest BCUT2D eigenvalue weighted by atomic mass is 10.2. The number of amides is 1. The molecule has 6 heteroatoms. The summed E-state index contributed by atoms with van der Waals surface area (Å²) in [6.45, 7) is 0. The molecule has 0 unspecified atom stereocenters. The minimum absolute atomic E-state index is 0.0899. The van der Waals surface area contributed by atoms with Gasteiger partial charge in [-0.3, -0.25) is 9.59 Å². The fraction of sp³-hybridized carbons (Fsp3) is 0.0556. The van der Waals surface area contributed by atoms with Crippen molar-refractivity contribution in [3.05, 3.63) is 76.0 Å². The normalized spacial score (nSPS) is 11.2. The summed E-state index contributed by atoms with van der Waals surface area (Å²) in [7, 11) is 0. The van der Waals surface area contributed by atoms with Gasteiger partial charge in [0.1, 0.15) is 11.6 Å². The molecule has 0 spiro atoms. The summed E-state index contributed by atoms with van der Waals surface area (Å²) in [5.41, 5.74) is 1.05. The summed E-state index contributed by atoms with van der Waals surface area (Å²) in [6, 6.07) is 19.5. The van der Waals surface area contributed by atoms with Gasteiger partial charge in [-0.2, -0.15) is 5.26 Å². The van der Waals surface area contributed by atoms with Crippen LogP contribution >= 0.6 is 24.4 Å². The molecule has 0 fully saturated rings. The number of rotatable bonds is 6. The van der Waals surface area contributed by atoms with E-state index in [1.165, 1.54) is 0 Å². The Morgan fingerprint density at radius 2 is 1.62 bits per heavy atom. The Morgan fingerprint density at radius 3 is 2.21 bits per heavy atom. The van der Waals surface area contributed by atoms with E-state index in [9.17, 15) is 14.9 Å². The van der Waals surface area contributed by atoms with Gasteiger partial charge in [0.2, 0.25) is 0 Å². The number of thioether (sulfide) groups is 1. The molecule has 0 aromatic heterocycles. The molecular weight excluding hydrogens is 340 g/mol. The summed E-state index contributed by atoms with van der Waals surface area (Å²) in [5, 5.41) is 11.8. The fourth-order valence-electron chi connectivity index (χ4n) is 1.82. The molecule has 0 aliphatic heterocycles. The highest BCUT2D eigenvalue weighted by Gasteiger charge is 2.15. The van der Waals surface area contributed by atoms with Gasteiger partial charge < -0.3 is 5.32 Å². The smallest absolute Gasteiger partial charge is 0.268 e. The Balaban J connectivity index is 2.03. The predicted molar refractivity (Wildman–Crippen MR) is 99.9 cm³/mol. The van der Waals surface area contributed by atoms with Crippen LogP contribution in [0.3, 0.4) is 0 Å². The van der Waals surface area contributed by atoms with Crippen LogP contribution in [0.2, 0.25) is 0 Å². The lowest BCUT2D eigenvalue weighted by molar-refractivity contribution is -0.112. The van der Waals surface area contributed by atoms with Crippen LogP contribution in [0.25, 0.3) is 0 Å². The topological polar surface area (TPSA) is 70.0 Å². The Morgan fingerprint density at radius 1 is 1.04 bits per heavy atom. The second-order valence-electron chi connectivity index (χ2n) is 4.69. The molecule has 1 N–H and O–H groups in total.